The lowest BCUT2D eigenvalue weighted by molar-refractivity contribution is 1.17. The van der Waals surface area contributed by atoms with Crippen molar-refractivity contribution in [3.63, 3.8) is 0 Å². The molecule has 0 fully saturated rings. The van der Waals surface area contributed by atoms with E-state index in [1.165, 1.54) is 6.33 Å². The quantitative estimate of drug-likeness (QED) is 0.721. The van der Waals surface area contributed by atoms with E-state index in [1.54, 1.807) is 12.1 Å². The molecule has 1 heterocycles. The first-order valence-electron chi connectivity index (χ1n) is 4.10. The molecule has 1 aromatic carbocycles. The summed E-state index contributed by atoms with van der Waals surface area (Å²) in [6.07, 6.45) is 1.32. The average molecular weight is 260 g/mol. The second kappa shape index (κ2) is 4.35. The lowest BCUT2D eigenvalue weighted by Crippen LogP contribution is -1.87. The van der Waals surface area contributed by atoms with Crippen LogP contribution in [0.25, 0.3) is 11.1 Å². The first-order chi connectivity index (χ1) is 7.18. The molecule has 76 valence electrons. The summed E-state index contributed by atoms with van der Waals surface area (Å²) in [6, 6.07) is 7.16. The van der Waals surface area contributed by atoms with Crippen LogP contribution in [0.3, 0.4) is 0 Å². The van der Waals surface area contributed by atoms with Crippen molar-refractivity contribution in [1.29, 1.82) is 0 Å². The van der Waals surface area contributed by atoms with Gasteiger partial charge in [0.05, 0.1) is 5.56 Å². The zero-order chi connectivity index (χ0) is 10.8. The van der Waals surface area contributed by atoms with E-state index < -0.39 is 0 Å². The SMILES string of the molecule is Clc1ccc(-c2c(Cl)ncnc2Cl)cc1. The van der Waals surface area contributed by atoms with Gasteiger partial charge in [0.25, 0.3) is 0 Å². The lowest BCUT2D eigenvalue weighted by Gasteiger charge is -2.04. The van der Waals surface area contributed by atoms with Crippen molar-refractivity contribution in [1.82, 2.24) is 9.97 Å². The van der Waals surface area contributed by atoms with Crippen LogP contribution in [0.5, 0.6) is 0 Å². The second-order valence-electron chi connectivity index (χ2n) is 2.84. The second-order valence-corrected chi connectivity index (χ2v) is 3.99. The molecule has 0 unspecified atom stereocenters. The van der Waals surface area contributed by atoms with E-state index in [1.807, 2.05) is 12.1 Å². The Morgan fingerprint density at radius 3 is 1.87 bits per heavy atom. The van der Waals surface area contributed by atoms with Crippen molar-refractivity contribution in [3.8, 4) is 11.1 Å². The van der Waals surface area contributed by atoms with Gasteiger partial charge in [0, 0.05) is 5.02 Å². The Hall–Kier alpha value is -0.830. The lowest BCUT2D eigenvalue weighted by atomic mass is 10.1. The van der Waals surface area contributed by atoms with Gasteiger partial charge in [-0.05, 0) is 17.7 Å². The van der Waals surface area contributed by atoms with Crippen molar-refractivity contribution < 1.29 is 0 Å². The first-order valence-corrected chi connectivity index (χ1v) is 5.24. The van der Waals surface area contributed by atoms with E-state index in [9.17, 15) is 0 Å². The Bertz CT molecular complexity index is 462. The molecule has 5 heteroatoms. The van der Waals surface area contributed by atoms with Gasteiger partial charge in [-0.25, -0.2) is 9.97 Å². The van der Waals surface area contributed by atoms with Crippen LogP contribution in [-0.4, -0.2) is 9.97 Å². The molecule has 1 aromatic heterocycles. The normalized spacial score (nSPS) is 10.3. The molecule has 2 nitrogen and oxygen atoms in total. The molecule has 2 aromatic rings. The van der Waals surface area contributed by atoms with Gasteiger partial charge >= 0.3 is 0 Å². The monoisotopic (exact) mass is 258 g/mol. The van der Waals surface area contributed by atoms with Gasteiger partial charge in [-0.15, -0.1) is 0 Å². The van der Waals surface area contributed by atoms with Gasteiger partial charge in [-0.3, -0.25) is 0 Å². The van der Waals surface area contributed by atoms with Crippen LogP contribution in [0, 0.1) is 0 Å². The molecule has 0 amide bonds. The number of hydrogen-bond acceptors (Lipinski definition) is 2. The van der Waals surface area contributed by atoms with Crippen molar-refractivity contribution in [2.75, 3.05) is 0 Å². The molecule has 0 bridgehead atoms. The Labute approximate surface area is 102 Å². The highest BCUT2D eigenvalue weighted by Gasteiger charge is 2.09. The summed E-state index contributed by atoms with van der Waals surface area (Å²) in [5.41, 5.74) is 1.47. The summed E-state index contributed by atoms with van der Waals surface area (Å²) in [5, 5.41) is 1.32. The minimum Gasteiger partial charge on any atom is -0.224 e. The molecule has 0 spiro atoms. The van der Waals surface area contributed by atoms with Crippen molar-refractivity contribution in [2.24, 2.45) is 0 Å². The van der Waals surface area contributed by atoms with Crippen molar-refractivity contribution in [2.45, 2.75) is 0 Å². The third-order valence-corrected chi connectivity index (χ3v) is 2.71. The summed E-state index contributed by atoms with van der Waals surface area (Å²) in [6.45, 7) is 0. The maximum atomic E-state index is 5.94. The summed E-state index contributed by atoms with van der Waals surface area (Å²) < 4.78 is 0. The zero-order valence-corrected chi connectivity index (χ0v) is 9.68. The largest absolute Gasteiger partial charge is 0.224 e. The van der Waals surface area contributed by atoms with Gasteiger partial charge in [-0.2, -0.15) is 0 Å². The van der Waals surface area contributed by atoms with Gasteiger partial charge in [0.15, 0.2) is 0 Å². The Balaban J connectivity index is 2.58. The summed E-state index contributed by atoms with van der Waals surface area (Å²) >= 11 is 17.7. The van der Waals surface area contributed by atoms with Crippen molar-refractivity contribution >= 4 is 34.8 Å². The summed E-state index contributed by atoms with van der Waals surface area (Å²) in [7, 11) is 0. The van der Waals surface area contributed by atoms with E-state index in [4.69, 9.17) is 34.8 Å². The van der Waals surface area contributed by atoms with Gasteiger partial charge in [0.2, 0.25) is 0 Å². The Morgan fingerprint density at radius 2 is 1.33 bits per heavy atom. The predicted molar refractivity (Wildman–Crippen MR) is 62.5 cm³/mol. The minimum absolute atomic E-state index is 0.331. The molecule has 0 saturated carbocycles. The first kappa shape index (κ1) is 10.7. The van der Waals surface area contributed by atoms with Crippen LogP contribution in [0.15, 0.2) is 30.6 Å². The Morgan fingerprint density at radius 1 is 0.800 bits per heavy atom. The van der Waals surface area contributed by atoms with Crippen LogP contribution in [-0.2, 0) is 0 Å². The molecule has 0 saturated heterocycles. The highest BCUT2D eigenvalue weighted by Crippen LogP contribution is 2.31. The standard InChI is InChI=1S/C10H5Cl3N2/c11-7-3-1-6(2-4-7)8-9(12)14-5-15-10(8)13/h1-5H. The van der Waals surface area contributed by atoms with E-state index in [-0.39, 0.29) is 0 Å². The molecule has 0 N–H and O–H groups in total. The van der Waals surface area contributed by atoms with Crippen LogP contribution in [0.1, 0.15) is 0 Å². The van der Waals surface area contributed by atoms with Crippen molar-refractivity contribution in [3.05, 3.63) is 45.9 Å². The topological polar surface area (TPSA) is 25.8 Å². The highest BCUT2D eigenvalue weighted by molar-refractivity contribution is 6.37. The fraction of sp³-hybridized carbons (Fsp3) is 0. The smallest absolute Gasteiger partial charge is 0.141 e. The summed E-state index contributed by atoms with van der Waals surface area (Å²) in [5.74, 6) is 0. The maximum absolute atomic E-state index is 5.94. The average Bonchev–Trinajstić information content (AvgIpc) is 2.20. The fourth-order valence-corrected chi connectivity index (χ4v) is 1.86. The zero-order valence-electron chi connectivity index (χ0n) is 7.42. The molecule has 0 aliphatic carbocycles. The number of aromatic nitrogens is 2. The van der Waals surface area contributed by atoms with Gasteiger partial charge < -0.3 is 0 Å². The van der Waals surface area contributed by atoms with Crippen LogP contribution in [0.4, 0.5) is 0 Å². The predicted octanol–water partition coefficient (Wildman–Crippen LogP) is 4.10. The third-order valence-electron chi connectivity index (χ3n) is 1.89. The number of nitrogens with zero attached hydrogens (tertiary/aromatic N) is 2. The highest BCUT2D eigenvalue weighted by atomic mass is 35.5. The summed E-state index contributed by atoms with van der Waals surface area (Å²) in [4.78, 5) is 7.75. The van der Waals surface area contributed by atoms with Crippen LogP contribution in [0.2, 0.25) is 15.3 Å². The van der Waals surface area contributed by atoms with E-state index in [2.05, 4.69) is 9.97 Å². The maximum Gasteiger partial charge on any atom is 0.141 e. The van der Waals surface area contributed by atoms with E-state index in [0.717, 1.165) is 5.56 Å². The number of hydrogen-bond donors (Lipinski definition) is 0. The van der Waals surface area contributed by atoms with Crippen LogP contribution < -0.4 is 0 Å². The van der Waals surface area contributed by atoms with E-state index in [0.29, 0.717) is 20.9 Å². The molecule has 15 heavy (non-hydrogen) atoms. The molecule has 0 aliphatic rings. The molecule has 0 aliphatic heterocycles. The molecule has 2 rings (SSSR count). The number of halogens is 3. The molecular weight excluding hydrogens is 254 g/mol. The third kappa shape index (κ3) is 2.23. The number of benzene rings is 1. The molecule has 0 atom stereocenters. The van der Waals surface area contributed by atoms with Gasteiger partial charge in [0.1, 0.15) is 16.6 Å². The molecular formula is C10H5Cl3N2. The van der Waals surface area contributed by atoms with Crippen LogP contribution >= 0.6 is 34.8 Å². The minimum atomic E-state index is 0.331. The van der Waals surface area contributed by atoms with E-state index >= 15 is 0 Å². The fourth-order valence-electron chi connectivity index (χ4n) is 1.20. The van der Waals surface area contributed by atoms with Gasteiger partial charge in [-0.1, -0.05) is 46.9 Å². The number of rotatable bonds is 1. The molecule has 0 radical (unpaired) electrons. The Kier molecular flexibility index (Phi) is 3.10.